The van der Waals surface area contributed by atoms with E-state index in [1.165, 1.54) is 25.5 Å². The standard InChI is InChI=1S/C25H31ClN6O3S/c1-18-8-6-11-22(23(18)31-36(2,33)34)29-24-21(26)17-27-25(30-24)28-19-9-7-10-20(16-19)35-15-14-32-12-4-3-5-13-32/h6-11,16-17,31H,3-5,12-15H2,1-2H3,(H2,27,28,29,30). The summed E-state index contributed by atoms with van der Waals surface area (Å²) in [6.45, 7) is 5.65. The summed E-state index contributed by atoms with van der Waals surface area (Å²) in [5.74, 6) is 1.43. The Morgan fingerprint density at radius 2 is 1.86 bits per heavy atom. The summed E-state index contributed by atoms with van der Waals surface area (Å²) < 4.78 is 32.2. The molecule has 1 fully saturated rings. The first-order valence-electron chi connectivity index (χ1n) is 11.9. The number of anilines is 5. The van der Waals surface area contributed by atoms with Gasteiger partial charge in [-0.1, -0.05) is 36.2 Å². The van der Waals surface area contributed by atoms with Crippen LogP contribution in [-0.4, -0.2) is 55.8 Å². The van der Waals surface area contributed by atoms with E-state index >= 15 is 0 Å². The van der Waals surface area contributed by atoms with Gasteiger partial charge in [0.15, 0.2) is 5.82 Å². The summed E-state index contributed by atoms with van der Waals surface area (Å²) in [4.78, 5) is 11.2. The molecule has 0 spiro atoms. The van der Waals surface area contributed by atoms with Crippen molar-refractivity contribution in [2.75, 3.05) is 47.9 Å². The van der Waals surface area contributed by atoms with Gasteiger partial charge in [-0.25, -0.2) is 13.4 Å². The minimum absolute atomic E-state index is 0.294. The van der Waals surface area contributed by atoms with Crippen molar-refractivity contribution in [2.24, 2.45) is 0 Å². The van der Waals surface area contributed by atoms with Crippen LogP contribution >= 0.6 is 11.6 Å². The number of nitrogens with zero attached hydrogens (tertiary/aromatic N) is 3. The van der Waals surface area contributed by atoms with Crippen LogP contribution in [0.15, 0.2) is 48.7 Å². The van der Waals surface area contributed by atoms with Gasteiger partial charge in [0.05, 0.1) is 23.8 Å². The van der Waals surface area contributed by atoms with E-state index in [0.29, 0.717) is 34.8 Å². The van der Waals surface area contributed by atoms with Crippen LogP contribution < -0.4 is 20.1 Å². The number of rotatable bonds is 10. The van der Waals surface area contributed by atoms with Crippen molar-refractivity contribution < 1.29 is 13.2 Å². The number of hydrogen-bond acceptors (Lipinski definition) is 8. The molecule has 3 aromatic rings. The first-order valence-corrected chi connectivity index (χ1v) is 14.1. The predicted octanol–water partition coefficient (Wildman–Crippen LogP) is 5.16. The maximum Gasteiger partial charge on any atom is 0.229 e. The van der Waals surface area contributed by atoms with Crippen molar-refractivity contribution in [3.05, 3.63) is 59.2 Å². The molecular formula is C25H31ClN6O3S. The van der Waals surface area contributed by atoms with Gasteiger partial charge >= 0.3 is 0 Å². The summed E-state index contributed by atoms with van der Waals surface area (Å²) in [6, 6.07) is 13.0. The molecule has 1 saturated heterocycles. The first-order chi connectivity index (χ1) is 17.3. The number of ether oxygens (including phenoxy) is 1. The maximum absolute atomic E-state index is 11.8. The molecule has 0 radical (unpaired) electrons. The van der Waals surface area contributed by atoms with Gasteiger partial charge < -0.3 is 15.4 Å². The van der Waals surface area contributed by atoms with Gasteiger partial charge in [0.2, 0.25) is 16.0 Å². The number of hydrogen-bond donors (Lipinski definition) is 3. The highest BCUT2D eigenvalue weighted by molar-refractivity contribution is 7.92. The van der Waals surface area contributed by atoms with Crippen LogP contribution in [0.1, 0.15) is 24.8 Å². The third kappa shape index (κ3) is 7.46. The zero-order chi connectivity index (χ0) is 25.5. The van der Waals surface area contributed by atoms with Gasteiger partial charge in [0.1, 0.15) is 17.4 Å². The number of benzene rings is 2. The second-order valence-corrected chi connectivity index (χ2v) is 10.9. The lowest BCUT2D eigenvalue weighted by atomic mass is 10.1. The Morgan fingerprint density at radius 3 is 2.64 bits per heavy atom. The van der Waals surface area contributed by atoms with Crippen molar-refractivity contribution in [3.63, 3.8) is 0 Å². The van der Waals surface area contributed by atoms with E-state index in [1.807, 2.05) is 43.3 Å². The Hall–Kier alpha value is -3.08. The lowest BCUT2D eigenvalue weighted by Gasteiger charge is -2.26. The van der Waals surface area contributed by atoms with E-state index in [1.54, 1.807) is 6.07 Å². The van der Waals surface area contributed by atoms with Crippen LogP contribution in [-0.2, 0) is 10.0 Å². The zero-order valence-electron chi connectivity index (χ0n) is 20.4. The molecule has 1 aliphatic heterocycles. The van der Waals surface area contributed by atoms with Crippen LogP contribution in [0.4, 0.5) is 28.8 Å². The number of nitrogens with one attached hydrogen (secondary N) is 3. The lowest BCUT2D eigenvalue weighted by Crippen LogP contribution is -2.33. The SMILES string of the molecule is Cc1cccc(Nc2nc(Nc3cccc(OCCN4CCCCC4)c3)ncc2Cl)c1NS(C)(=O)=O. The predicted molar refractivity (Wildman–Crippen MR) is 145 cm³/mol. The molecule has 0 atom stereocenters. The Bertz CT molecular complexity index is 1300. The van der Waals surface area contributed by atoms with Gasteiger partial charge in [-0.05, 0) is 56.6 Å². The van der Waals surface area contributed by atoms with Crippen LogP contribution in [0.3, 0.4) is 0 Å². The van der Waals surface area contributed by atoms with Crippen LogP contribution in [0.5, 0.6) is 5.75 Å². The second-order valence-electron chi connectivity index (χ2n) is 8.79. The molecule has 4 rings (SSSR count). The smallest absolute Gasteiger partial charge is 0.229 e. The number of para-hydroxylation sites is 1. The number of likely N-dealkylation sites (tertiary alicyclic amines) is 1. The fraction of sp³-hybridized carbons (Fsp3) is 0.360. The van der Waals surface area contributed by atoms with E-state index in [0.717, 1.165) is 42.9 Å². The summed E-state index contributed by atoms with van der Waals surface area (Å²) in [5, 5.41) is 6.59. The quantitative estimate of drug-likeness (QED) is 0.330. The molecule has 11 heteroatoms. The first kappa shape index (κ1) is 26.0. The third-order valence-electron chi connectivity index (χ3n) is 5.77. The average Bonchev–Trinajstić information content (AvgIpc) is 2.84. The highest BCUT2D eigenvalue weighted by Gasteiger charge is 2.14. The Labute approximate surface area is 217 Å². The van der Waals surface area contributed by atoms with Gasteiger partial charge in [-0.15, -0.1) is 0 Å². The van der Waals surface area contributed by atoms with Crippen molar-refractivity contribution in [2.45, 2.75) is 26.2 Å². The van der Waals surface area contributed by atoms with Crippen molar-refractivity contribution in [1.82, 2.24) is 14.9 Å². The molecule has 0 saturated carbocycles. The van der Waals surface area contributed by atoms with E-state index in [2.05, 4.69) is 30.2 Å². The Morgan fingerprint density at radius 1 is 1.08 bits per heavy atom. The van der Waals surface area contributed by atoms with Gasteiger partial charge in [0, 0.05) is 18.3 Å². The van der Waals surface area contributed by atoms with Crippen molar-refractivity contribution in [1.29, 1.82) is 0 Å². The van der Waals surface area contributed by atoms with Crippen molar-refractivity contribution >= 4 is 50.5 Å². The highest BCUT2D eigenvalue weighted by Crippen LogP contribution is 2.32. The van der Waals surface area contributed by atoms with E-state index in [4.69, 9.17) is 16.3 Å². The normalized spacial score (nSPS) is 14.3. The topological polar surface area (TPSA) is 108 Å². The molecular weight excluding hydrogens is 500 g/mol. The van der Waals surface area contributed by atoms with E-state index in [9.17, 15) is 8.42 Å². The molecule has 192 valence electrons. The molecule has 1 aromatic heterocycles. The molecule has 36 heavy (non-hydrogen) atoms. The number of sulfonamides is 1. The lowest BCUT2D eigenvalue weighted by molar-refractivity contribution is 0.183. The molecule has 9 nitrogen and oxygen atoms in total. The maximum atomic E-state index is 11.8. The monoisotopic (exact) mass is 530 g/mol. The van der Waals surface area contributed by atoms with E-state index in [-0.39, 0.29) is 0 Å². The largest absolute Gasteiger partial charge is 0.492 e. The van der Waals surface area contributed by atoms with Crippen LogP contribution in [0.2, 0.25) is 5.02 Å². The Kier molecular flexibility index (Phi) is 8.50. The van der Waals surface area contributed by atoms with Gasteiger partial charge in [-0.2, -0.15) is 4.98 Å². The van der Waals surface area contributed by atoms with Crippen LogP contribution in [0.25, 0.3) is 0 Å². The summed E-state index contributed by atoms with van der Waals surface area (Å²) in [5.41, 5.74) is 2.48. The third-order valence-corrected chi connectivity index (χ3v) is 6.62. The molecule has 2 aromatic carbocycles. The molecule has 1 aliphatic rings. The molecule has 3 N–H and O–H groups in total. The van der Waals surface area contributed by atoms with E-state index < -0.39 is 10.0 Å². The molecule has 0 unspecified atom stereocenters. The molecule has 0 amide bonds. The molecule has 0 bridgehead atoms. The zero-order valence-corrected chi connectivity index (χ0v) is 22.0. The summed E-state index contributed by atoms with van der Waals surface area (Å²) >= 11 is 6.34. The minimum Gasteiger partial charge on any atom is -0.492 e. The number of aryl methyl sites for hydroxylation is 1. The second kappa shape index (κ2) is 11.8. The van der Waals surface area contributed by atoms with Crippen LogP contribution in [0, 0.1) is 6.92 Å². The highest BCUT2D eigenvalue weighted by atomic mass is 35.5. The summed E-state index contributed by atoms with van der Waals surface area (Å²) in [7, 11) is -3.47. The number of halogens is 1. The average molecular weight is 531 g/mol. The van der Waals surface area contributed by atoms with Crippen molar-refractivity contribution in [3.8, 4) is 5.75 Å². The molecule has 2 heterocycles. The molecule has 0 aliphatic carbocycles. The number of piperidine rings is 1. The van der Waals surface area contributed by atoms with Gasteiger partial charge in [-0.3, -0.25) is 9.62 Å². The Balaban J connectivity index is 1.44. The number of aromatic nitrogens is 2. The van der Waals surface area contributed by atoms with Gasteiger partial charge in [0.25, 0.3) is 0 Å². The fourth-order valence-electron chi connectivity index (χ4n) is 4.00. The summed E-state index contributed by atoms with van der Waals surface area (Å²) in [6.07, 6.45) is 6.43. The fourth-order valence-corrected chi connectivity index (χ4v) is 4.78. The minimum atomic E-state index is -3.47.